The van der Waals surface area contributed by atoms with Gasteiger partial charge in [-0.05, 0) is 13.8 Å². The number of rotatable bonds is 8. The normalized spacial score (nSPS) is 10.6. The summed E-state index contributed by atoms with van der Waals surface area (Å²) in [6, 6.07) is 19.8. The number of thioether (sulfide) groups is 1. The van der Waals surface area contributed by atoms with Crippen molar-refractivity contribution >= 4 is 17.7 Å². The largest absolute Gasteiger partial charge is 0.338 e. The Morgan fingerprint density at radius 3 is 2.10 bits per heavy atom. The monoisotopic (exact) mass is 404 g/mol. The molecule has 1 aromatic heterocycles. The van der Waals surface area contributed by atoms with Crippen molar-refractivity contribution in [3.8, 4) is 22.5 Å². The molecular formula is C23H24N4OS. The highest BCUT2D eigenvalue weighted by Gasteiger charge is 2.16. The zero-order chi connectivity index (χ0) is 20.6. The standard InChI is InChI=1S/C23H24N4OS/c1-4-27(15-17(2)3)20(28)16-29-23-24-21(18-11-7-5-8-12-18)22(25-26-23)19-13-9-6-10-14-19/h5-14H,2,4,15-16H2,1,3H3. The third kappa shape index (κ3) is 5.51. The van der Waals surface area contributed by atoms with Crippen LogP contribution in [0.4, 0.5) is 0 Å². The van der Waals surface area contributed by atoms with Gasteiger partial charge in [-0.1, -0.05) is 84.6 Å². The van der Waals surface area contributed by atoms with Crippen molar-refractivity contribution in [2.24, 2.45) is 0 Å². The molecule has 0 aliphatic heterocycles. The first-order valence-corrected chi connectivity index (χ1v) is 10.5. The molecule has 1 heterocycles. The highest BCUT2D eigenvalue weighted by Crippen LogP contribution is 2.29. The number of nitrogens with zero attached hydrogens (tertiary/aromatic N) is 4. The lowest BCUT2D eigenvalue weighted by Gasteiger charge is -2.20. The number of aromatic nitrogens is 3. The lowest BCUT2D eigenvalue weighted by atomic mass is 10.0. The fourth-order valence-corrected chi connectivity index (χ4v) is 3.57. The molecule has 0 aliphatic carbocycles. The smallest absolute Gasteiger partial charge is 0.233 e. The van der Waals surface area contributed by atoms with Crippen LogP contribution in [-0.4, -0.2) is 44.8 Å². The van der Waals surface area contributed by atoms with Crippen LogP contribution < -0.4 is 0 Å². The van der Waals surface area contributed by atoms with Crippen LogP contribution in [-0.2, 0) is 4.79 Å². The van der Waals surface area contributed by atoms with Crippen molar-refractivity contribution in [3.05, 3.63) is 72.8 Å². The van der Waals surface area contributed by atoms with Crippen molar-refractivity contribution in [1.82, 2.24) is 20.1 Å². The first kappa shape index (κ1) is 20.7. The molecule has 148 valence electrons. The molecule has 0 atom stereocenters. The second-order valence-electron chi connectivity index (χ2n) is 6.68. The predicted molar refractivity (Wildman–Crippen MR) is 118 cm³/mol. The lowest BCUT2D eigenvalue weighted by Crippen LogP contribution is -2.33. The van der Waals surface area contributed by atoms with Crippen LogP contribution in [0.1, 0.15) is 13.8 Å². The molecule has 0 N–H and O–H groups in total. The molecule has 1 amide bonds. The van der Waals surface area contributed by atoms with Gasteiger partial charge in [0.15, 0.2) is 0 Å². The number of hydrogen-bond donors (Lipinski definition) is 0. The summed E-state index contributed by atoms with van der Waals surface area (Å²) in [5.41, 5.74) is 4.37. The van der Waals surface area contributed by atoms with Crippen LogP contribution in [0, 0.1) is 0 Å². The average molecular weight is 405 g/mol. The number of hydrogen-bond acceptors (Lipinski definition) is 5. The van der Waals surface area contributed by atoms with E-state index in [1.165, 1.54) is 11.8 Å². The summed E-state index contributed by atoms with van der Waals surface area (Å²) in [7, 11) is 0. The van der Waals surface area contributed by atoms with Crippen molar-refractivity contribution in [3.63, 3.8) is 0 Å². The Kier molecular flexibility index (Phi) is 7.14. The van der Waals surface area contributed by atoms with Gasteiger partial charge in [0.2, 0.25) is 11.1 Å². The van der Waals surface area contributed by atoms with E-state index in [1.807, 2.05) is 74.5 Å². The van der Waals surface area contributed by atoms with Gasteiger partial charge in [-0.2, -0.15) is 0 Å². The summed E-state index contributed by atoms with van der Waals surface area (Å²) < 4.78 is 0. The molecule has 6 heteroatoms. The Labute approximate surface area is 175 Å². The van der Waals surface area contributed by atoms with E-state index in [-0.39, 0.29) is 11.7 Å². The van der Waals surface area contributed by atoms with Gasteiger partial charge >= 0.3 is 0 Å². The molecule has 3 rings (SSSR count). The van der Waals surface area contributed by atoms with Crippen molar-refractivity contribution in [2.45, 2.75) is 19.0 Å². The molecule has 0 saturated carbocycles. The molecule has 0 unspecified atom stereocenters. The highest BCUT2D eigenvalue weighted by atomic mass is 32.2. The zero-order valence-corrected chi connectivity index (χ0v) is 17.5. The topological polar surface area (TPSA) is 59.0 Å². The van der Waals surface area contributed by atoms with Gasteiger partial charge in [0.05, 0.1) is 5.75 Å². The molecule has 0 spiro atoms. The molecule has 29 heavy (non-hydrogen) atoms. The molecule has 3 aromatic rings. The van der Waals surface area contributed by atoms with E-state index in [1.54, 1.807) is 4.90 Å². The quantitative estimate of drug-likeness (QED) is 0.401. The van der Waals surface area contributed by atoms with Gasteiger partial charge in [0, 0.05) is 24.2 Å². The van der Waals surface area contributed by atoms with Crippen molar-refractivity contribution < 1.29 is 4.79 Å². The minimum atomic E-state index is 0.0393. The Bertz CT molecular complexity index is 977. The number of carbonyl (C=O) groups excluding carboxylic acids is 1. The van der Waals surface area contributed by atoms with Gasteiger partial charge in [-0.25, -0.2) is 4.98 Å². The highest BCUT2D eigenvalue weighted by molar-refractivity contribution is 7.99. The summed E-state index contributed by atoms with van der Waals surface area (Å²) in [6.45, 7) is 8.99. The van der Waals surface area contributed by atoms with Gasteiger partial charge in [0.25, 0.3) is 0 Å². The average Bonchev–Trinajstić information content (AvgIpc) is 2.76. The first-order valence-electron chi connectivity index (χ1n) is 9.49. The summed E-state index contributed by atoms with van der Waals surface area (Å²) >= 11 is 1.31. The molecule has 0 aliphatic rings. The second-order valence-corrected chi connectivity index (χ2v) is 7.62. The van der Waals surface area contributed by atoms with Crippen molar-refractivity contribution in [1.29, 1.82) is 0 Å². The minimum absolute atomic E-state index is 0.0393. The van der Waals surface area contributed by atoms with Crippen LogP contribution in [0.15, 0.2) is 78.0 Å². The van der Waals surface area contributed by atoms with E-state index in [4.69, 9.17) is 4.98 Å². The maximum absolute atomic E-state index is 12.5. The minimum Gasteiger partial charge on any atom is -0.338 e. The summed E-state index contributed by atoms with van der Waals surface area (Å²) in [6.07, 6.45) is 0. The Balaban J connectivity index is 1.86. The predicted octanol–water partition coefficient (Wildman–Crippen LogP) is 4.72. The zero-order valence-electron chi connectivity index (χ0n) is 16.7. The van der Waals surface area contributed by atoms with E-state index in [0.29, 0.717) is 18.2 Å². The van der Waals surface area contributed by atoms with Gasteiger partial charge < -0.3 is 4.90 Å². The van der Waals surface area contributed by atoms with E-state index in [0.717, 1.165) is 28.1 Å². The number of amides is 1. The fourth-order valence-electron chi connectivity index (χ4n) is 2.88. The third-order valence-corrected chi connectivity index (χ3v) is 5.10. The van der Waals surface area contributed by atoms with Gasteiger partial charge in [-0.15, -0.1) is 10.2 Å². The SMILES string of the molecule is C=C(C)CN(CC)C(=O)CSc1nnc(-c2ccccc2)c(-c2ccccc2)n1. The summed E-state index contributed by atoms with van der Waals surface area (Å²) in [5.74, 6) is 0.305. The van der Waals surface area contributed by atoms with Crippen LogP contribution in [0.3, 0.4) is 0 Å². The van der Waals surface area contributed by atoms with Crippen LogP contribution >= 0.6 is 11.8 Å². The van der Waals surface area contributed by atoms with Crippen LogP contribution in [0.2, 0.25) is 0 Å². The molecular weight excluding hydrogens is 380 g/mol. The van der Waals surface area contributed by atoms with E-state index in [2.05, 4.69) is 16.8 Å². The lowest BCUT2D eigenvalue weighted by molar-refractivity contribution is -0.127. The van der Waals surface area contributed by atoms with E-state index in [9.17, 15) is 4.79 Å². The number of carbonyl (C=O) groups is 1. The maximum Gasteiger partial charge on any atom is 0.233 e. The maximum atomic E-state index is 12.5. The first-order chi connectivity index (χ1) is 14.1. The van der Waals surface area contributed by atoms with Gasteiger partial charge in [-0.3, -0.25) is 4.79 Å². The summed E-state index contributed by atoms with van der Waals surface area (Å²) in [4.78, 5) is 19.0. The van der Waals surface area contributed by atoms with Crippen molar-refractivity contribution in [2.75, 3.05) is 18.8 Å². The van der Waals surface area contributed by atoms with Crippen LogP contribution in [0.25, 0.3) is 22.5 Å². The molecule has 0 fully saturated rings. The Morgan fingerprint density at radius 1 is 0.966 bits per heavy atom. The molecule has 0 saturated heterocycles. The third-order valence-electron chi connectivity index (χ3n) is 4.28. The molecule has 2 aromatic carbocycles. The van der Waals surface area contributed by atoms with E-state index >= 15 is 0 Å². The molecule has 5 nitrogen and oxygen atoms in total. The van der Waals surface area contributed by atoms with Gasteiger partial charge in [0.1, 0.15) is 11.4 Å². The second kappa shape index (κ2) is 9.98. The Morgan fingerprint density at radius 2 is 1.55 bits per heavy atom. The molecule has 0 bridgehead atoms. The fraction of sp³-hybridized carbons (Fsp3) is 0.217. The number of likely N-dealkylation sites (N-methyl/N-ethyl adjacent to an activating group) is 1. The Hall–Kier alpha value is -2.99. The number of benzene rings is 2. The van der Waals surface area contributed by atoms with E-state index < -0.39 is 0 Å². The van der Waals surface area contributed by atoms with Crippen LogP contribution in [0.5, 0.6) is 0 Å². The summed E-state index contributed by atoms with van der Waals surface area (Å²) in [5, 5.41) is 9.21. The molecule has 0 radical (unpaired) electrons.